The number of carbonyl (C=O) groups is 1. The Morgan fingerprint density at radius 2 is 1.91 bits per heavy atom. The van der Waals surface area contributed by atoms with Crippen molar-refractivity contribution in [2.45, 2.75) is 0 Å². The third-order valence-electron chi connectivity index (χ3n) is 3.66. The van der Waals surface area contributed by atoms with Gasteiger partial charge in [-0.3, -0.25) is 9.69 Å². The molecule has 4 heteroatoms. The summed E-state index contributed by atoms with van der Waals surface area (Å²) < 4.78 is 0. The highest BCUT2D eigenvalue weighted by Crippen LogP contribution is 2.07. The highest BCUT2D eigenvalue weighted by atomic mass is 32.2. The fraction of sp³-hybridized carbons (Fsp3) is 0.389. The summed E-state index contributed by atoms with van der Waals surface area (Å²) in [7, 11) is 0. The van der Waals surface area contributed by atoms with E-state index >= 15 is 0 Å². The third kappa shape index (κ3) is 5.70. The Morgan fingerprint density at radius 1 is 1.18 bits per heavy atom. The SMILES string of the molecule is C=CCSCC(=O)N1CCN(C/C=C/c2ccccc2)CC1. The summed E-state index contributed by atoms with van der Waals surface area (Å²) in [4.78, 5) is 16.4. The first-order valence-corrected chi connectivity index (χ1v) is 8.85. The molecule has 1 aliphatic heterocycles. The molecular weight excluding hydrogens is 292 g/mol. The second-order valence-electron chi connectivity index (χ2n) is 5.30. The van der Waals surface area contributed by atoms with Gasteiger partial charge in [0, 0.05) is 38.5 Å². The Kier molecular flexibility index (Phi) is 7.26. The number of piperazine rings is 1. The van der Waals surface area contributed by atoms with Crippen LogP contribution in [0.2, 0.25) is 0 Å². The summed E-state index contributed by atoms with van der Waals surface area (Å²) in [5.41, 5.74) is 1.23. The van der Waals surface area contributed by atoms with Crippen LogP contribution in [0, 0.1) is 0 Å². The first-order chi connectivity index (χ1) is 10.8. The standard InChI is InChI=1S/C18H24N2OS/c1-2-15-22-16-18(21)20-13-11-19(12-14-20)10-6-9-17-7-4-3-5-8-17/h2-9H,1,10-16H2/b9-6+. The van der Waals surface area contributed by atoms with Gasteiger partial charge in [0.15, 0.2) is 0 Å². The van der Waals surface area contributed by atoms with Gasteiger partial charge in [-0.25, -0.2) is 0 Å². The topological polar surface area (TPSA) is 23.6 Å². The van der Waals surface area contributed by atoms with Crippen molar-refractivity contribution in [2.75, 3.05) is 44.2 Å². The van der Waals surface area contributed by atoms with Crippen molar-refractivity contribution in [3.05, 3.63) is 54.6 Å². The highest BCUT2D eigenvalue weighted by Gasteiger charge is 2.19. The number of rotatable bonds is 7. The van der Waals surface area contributed by atoms with Gasteiger partial charge in [-0.2, -0.15) is 0 Å². The van der Waals surface area contributed by atoms with Gasteiger partial charge in [-0.15, -0.1) is 18.3 Å². The van der Waals surface area contributed by atoms with E-state index < -0.39 is 0 Å². The van der Waals surface area contributed by atoms with Crippen LogP contribution in [-0.2, 0) is 4.79 Å². The Hall–Kier alpha value is -1.52. The van der Waals surface area contributed by atoms with Crippen molar-refractivity contribution in [2.24, 2.45) is 0 Å². The van der Waals surface area contributed by atoms with Crippen LogP contribution in [0.15, 0.2) is 49.1 Å². The van der Waals surface area contributed by atoms with Crippen LogP contribution in [-0.4, -0.2) is 59.9 Å². The number of benzene rings is 1. The molecule has 0 atom stereocenters. The fourth-order valence-electron chi connectivity index (χ4n) is 2.40. The van der Waals surface area contributed by atoms with E-state index in [2.05, 4.69) is 47.9 Å². The van der Waals surface area contributed by atoms with Gasteiger partial charge in [0.25, 0.3) is 0 Å². The lowest BCUT2D eigenvalue weighted by Gasteiger charge is -2.34. The monoisotopic (exact) mass is 316 g/mol. The van der Waals surface area contributed by atoms with Crippen LogP contribution < -0.4 is 0 Å². The first kappa shape index (κ1) is 16.8. The van der Waals surface area contributed by atoms with Crippen molar-refractivity contribution in [3.63, 3.8) is 0 Å². The predicted octanol–water partition coefficient (Wildman–Crippen LogP) is 2.76. The number of hydrogen-bond acceptors (Lipinski definition) is 3. The average Bonchev–Trinajstić information content (AvgIpc) is 2.56. The van der Waals surface area contributed by atoms with Gasteiger partial charge in [-0.1, -0.05) is 48.6 Å². The lowest BCUT2D eigenvalue weighted by atomic mass is 10.2. The molecule has 1 aromatic rings. The zero-order chi connectivity index (χ0) is 15.6. The van der Waals surface area contributed by atoms with Crippen molar-refractivity contribution >= 4 is 23.7 Å². The van der Waals surface area contributed by atoms with E-state index in [9.17, 15) is 4.79 Å². The molecule has 1 aliphatic rings. The van der Waals surface area contributed by atoms with Gasteiger partial charge in [0.05, 0.1) is 5.75 Å². The van der Waals surface area contributed by atoms with Crippen molar-refractivity contribution in [1.82, 2.24) is 9.80 Å². The minimum absolute atomic E-state index is 0.256. The molecule has 3 nitrogen and oxygen atoms in total. The Bertz CT molecular complexity index is 493. The van der Waals surface area contributed by atoms with E-state index in [1.54, 1.807) is 11.8 Å². The van der Waals surface area contributed by atoms with E-state index in [1.807, 2.05) is 17.0 Å². The highest BCUT2D eigenvalue weighted by molar-refractivity contribution is 8.00. The van der Waals surface area contributed by atoms with Gasteiger partial charge in [-0.05, 0) is 5.56 Å². The maximum absolute atomic E-state index is 12.0. The Balaban J connectivity index is 1.67. The molecule has 0 aromatic heterocycles. The number of nitrogens with zero attached hydrogens (tertiary/aromatic N) is 2. The second-order valence-corrected chi connectivity index (χ2v) is 6.33. The quantitative estimate of drug-likeness (QED) is 0.571. The van der Waals surface area contributed by atoms with Crippen molar-refractivity contribution in [3.8, 4) is 0 Å². The largest absolute Gasteiger partial charge is 0.339 e. The van der Waals surface area contributed by atoms with Crippen molar-refractivity contribution in [1.29, 1.82) is 0 Å². The van der Waals surface area contributed by atoms with Crippen LogP contribution in [0.3, 0.4) is 0 Å². The van der Waals surface area contributed by atoms with Gasteiger partial charge >= 0.3 is 0 Å². The summed E-state index contributed by atoms with van der Waals surface area (Å²) in [6.45, 7) is 8.21. The van der Waals surface area contributed by atoms with Crippen molar-refractivity contribution < 1.29 is 4.79 Å². The number of thioether (sulfide) groups is 1. The second kappa shape index (κ2) is 9.49. The van der Waals surface area contributed by atoms with E-state index in [4.69, 9.17) is 0 Å². The molecule has 1 aromatic carbocycles. The van der Waals surface area contributed by atoms with Crippen LogP contribution in [0.5, 0.6) is 0 Å². The first-order valence-electron chi connectivity index (χ1n) is 7.70. The normalized spacial score (nSPS) is 16.1. The number of hydrogen-bond donors (Lipinski definition) is 0. The molecule has 0 saturated carbocycles. The summed E-state index contributed by atoms with van der Waals surface area (Å²) >= 11 is 1.63. The molecule has 0 unspecified atom stereocenters. The average molecular weight is 316 g/mol. The van der Waals surface area contributed by atoms with E-state index in [-0.39, 0.29) is 5.91 Å². The van der Waals surface area contributed by atoms with E-state index in [1.165, 1.54) is 5.56 Å². The molecule has 0 N–H and O–H groups in total. The molecule has 0 aliphatic carbocycles. The summed E-state index contributed by atoms with van der Waals surface area (Å²) in [5, 5.41) is 0. The summed E-state index contributed by atoms with van der Waals surface area (Å²) in [6, 6.07) is 10.3. The van der Waals surface area contributed by atoms with Crippen LogP contribution in [0.25, 0.3) is 6.08 Å². The summed E-state index contributed by atoms with van der Waals surface area (Å²) in [5.74, 6) is 1.67. The molecule has 0 radical (unpaired) electrons. The molecule has 1 heterocycles. The predicted molar refractivity (Wildman–Crippen MR) is 96.0 cm³/mol. The minimum Gasteiger partial charge on any atom is -0.339 e. The maximum atomic E-state index is 12.0. The number of amides is 1. The molecular formula is C18H24N2OS. The smallest absolute Gasteiger partial charge is 0.232 e. The zero-order valence-corrected chi connectivity index (χ0v) is 13.8. The molecule has 1 fully saturated rings. The fourth-order valence-corrected chi connectivity index (χ4v) is 3.04. The molecule has 1 amide bonds. The minimum atomic E-state index is 0.256. The van der Waals surface area contributed by atoms with Gasteiger partial charge in [0.1, 0.15) is 0 Å². The lowest BCUT2D eigenvalue weighted by Crippen LogP contribution is -2.49. The third-order valence-corrected chi connectivity index (χ3v) is 4.58. The Labute approximate surface area is 137 Å². The van der Waals surface area contributed by atoms with Gasteiger partial charge < -0.3 is 4.90 Å². The zero-order valence-electron chi connectivity index (χ0n) is 13.0. The molecule has 2 rings (SSSR count). The number of carbonyl (C=O) groups excluding carboxylic acids is 1. The van der Waals surface area contributed by atoms with Crippen LogP contribution >= 0.6 is 11.8 Å². The lowest BCUT2D eigenvalue weighted by molar-refractivity contribution is -0.129. The maximum Gasteiger partial charge on any atom is 0.232 e. The molecule has 0 spiro atoms. The van der Waals surface area contributed by atoms with Crippen LogP contribution in [0.4, 0.5) is 0 Å². The van der Waals surface area contributed by atoms with E-state index in [0.717, 1.165) is 38.5 Å². The van der Waals surface area contributed by atoms with E-state index in [0.29, 0.717) is 5.75 Å². The van der Waals surface area contributed by atoms with Gasteiger partial charge in [0.2, 0.25) is 5.91 Å². The molecule has 118 valence electrons. The molecule has 1 saturated heterocycles. The molecule has 0 bridgehead atoms. The molecule has 22 heavy (non-hydrogen) atoms. The Morgan fingerprint density at radius 3 is 2.59 bits per heavy atom. The summed E-state index contributed by atoms with van der Waals surface area (Å²) in [6.07, 6.45) is 6.20. The van der Waals surface area contributed by atoms with Crippen LogP contribution in [0.1, 0.15) is 5.56 Å².